The maximum absolute atomic E-state index is 12.9. The van der Waals surface area contributed by atoms with Gasteiger partial charge in [0.05, 0.1) is 11.1 Å². The predicted octanol–water partition coefficient (Wildman–Crippen LogP) is 4.13. The Morgan fingerprint density at radius 3 is 2.71 bits per heavy atom. The zero-order valence-electron chi connectivity index (χ0n) is 15.1. The number of para-hydroxylation sites is 1. The van der Waals surface area contributed by atoms with Crippen LogP contribution in [0, 0.1) is 0 Å². The van der Waals surface area contributed by atoms with Gasteiger partial charge in [0.15, 0.2) is 6.61 Å². The standard InChI is InChI=1S/C22H17N3O3/c26-22(27-13-19-24-21(25-28-19)14-7-2-1-3-8-14)20-15-9-4-5-11-17(15)23-18-12-6-10-16(18)20/h1-5,7-9,11H,6,10,12-13H2. The lowest BCUT2D eigenvalue weighted by Crippen LogP contribution is -2.10. The van der Waals surface area contributed by atoms with Crippen LogP contribution in [0.3, 0.4) is 0 Å². The third kappa shape index (κ3) is 2.93. The summed E-state index contributed by atoms with van der Waals surface area (Å²) in [5.41, 5.74) is 4.27. The second kappa shape index (κ2) is 6.88. The molecule has 6 nitrogen and oxygen atoms in total. The highest BCUT2D eigenvalue weighted by Crippen LogP contribution is 2.30. The third-order valence-corrected chi connectivity index (χ3v) is 4.95. The summed E-state index contributed by atoms with van der Waals surface area (Å²) in [6.07, 6.45) is 2.74. The van der Waals surface area contributed by atoms with Crippen molar-refractivity contribution in [3.8, 4) is 11.4 Å². The molecule has 4 aromatic rings. The zero-order valence-corrected chi connectivity index (χ0v) is 15.1. The second-order valence-electron chi connectivity index (χ2n) is 6.74. The van der Waals surface area contributed by atoms with Crippen LogP contribution >= 0.6 is 0 Å². The Morgan fingerprint density at radius 1 is 1.00 bits per heavy atom. The SMILES string of the molecule is O=C(OCc1nc(-c2ccccc2)no1)c1c2c(nc3ccccc13)CCC2. The van der Waals surface area contributed by atoms with E-state index in [-0.39, 0.29) is 18.5 Å². The Hall–Kier alpha value is -3.54. The molecule has 0 saturated carbocycles. The number of benzene rings is 2. The summed E-state index contributed by atoms with van der Waals surface area (Å²) < 4.78 is 10.8. The summed E-state index contributed by atoms with van der Waals surface area (Å²) in [5.74, 6) is 0.361. The lowest BCUT2D eigenvalue weighted by atomic mass is 10.0. The molecule has 0 N–H and O–H groups in total. The van der Waals surface area contributed by atoms with Crippen LogP contribution in [-0.2, 0) is 24.2 Å². The summed E-state index contributed by atoms with van der Waals surface area (Å²) in [7, 11) is 0. The summed E-state index contributed by atoms with van der Waals surface area (Å²) in [4.78, 5) is 21.9. The van der Waals surface area contributed by atoms with Crippen LogP contribution in [0.5, 0.6) is 0 Å². The van der Waals surface area contributed by atoms with E-state index in [1.807, 2.05) is 54.6 Å². The number of esters is 1. The summed E-state index contributed by atoms with van der Waals surface area (Å²) >= 11 is 0. The van der Waals surface area contributed by atoms with Gasteiger partial charge in [0.2, 0.25) is 5.82 Å². The average Bonchev–Trinajstić information content (AvgIpc) is 3.40. The molecule has 2 aromatic heterocycles. The van der Waals surface area contributed by atoms with Crippen molar-refractivity contribution < 1.29 is 14.1 Å². The molecule has 2 aromatic carbocycles. The van der Waals surface area contributed by atoms with Gasteiger partial charge in [0.25, 0.3) is 5.89 Å². The fourth-order valence-corrected chi connectivity index (χ4v) is 3.66. The van der Waals surface area contributed by atoms with Gasteiger partial charge < -0.3 is 9.26 Å². The highest BCUT2D eigenvalue weighted by atomic mass is 16.6. The first-order valence-electron chi connectivity index (χ1n) is 9.25. The van der Waals surface area contributed by atoms with Gasteiger partial charge in [-0.05, 0) is 30.9 Å². The molecule has 0 atom stereocenters. The minimum Gasteiger partial charge on any atom is -0.452 e. The number of hydrogen-bond donors (Lipinski definition) is 0. The van der Waals surface area contributed by atoms with Crippen molar-refractivity contribution in [2.45, 2.75) is 25.9 Å². The van der Waals surface area contributed by atoms with E-state index in [2.05, 4.69) is 10.1 Å². The molecular formula is C22H17N3O3. The molecule has 0 amide bonds. The monoisotopic (exact) mass is 371 g/mol. The molecule has 0 bridgehead atoms. The molecule has 2 heterocycles. The summed E-state index contributed by atoms with van der Waals surface area (Å²) in [6, 6.07) is 17.2. The number of carbonyl (C=O) groups excluding carboxylic acids is 1. The number of ether oxygens (including phenoxy) is 1. The summed E-state index contributed by atoms with van der Waals surface area (Å²) in [5, 5.41) is 4.78. The molecule has 1 aliphatic rings. The lowest BCUT2D eigenvalue weighted by molar-refractivity contribution is 0.0431. The molecule has 28 heavy (non-hydrogen) atoms. The van der Waals surface area contributed by atoms with E-state index in [9.17, 15) is 4.79 Å². The van der Waals surface area contributed by atoms with Crippen molar-refractivity contribution in [1.29, 1.82) is 0 Å². The van der Waals surface area contributed by atoms with Gasteiger partial charge in [-0.3, -0.25) is 4.98 Å². The first-order valence-corrected chi connectivity index (χ1v) is 9.25. The van der Waals surface area contributed by atoms with Crippen LogP contribution in [-0.4, -0.2) is 21.1 Å². The molecule has 0 unspecified atom stereocenters. The highest BCUT2D eigenvalue weighted by molar-refractivity contribution is 6.05. The van der Waals surface area contributed by atoms with Crippen LogP contribution in [0.2, 0.25) is 0 Å². The second-order valence-corrected chi connectivity index (χ2v) is 6.74. The van der Waals surface area contributed by atoms with E-state index in [1.54, 1.807) is 0 Å². The van der Waals surface area contributed by atoms with Crippen LogP contribution < -0.4 is 0 Å². The number of aromatic nitrogens is 3. The molecule has 138 valence electrons. The highest BCUT2D eigenvalue weighted by Gasteiger charge is 2.25. The van der Waals surface area contributed by atoms with Gasteiger partial charge in [0, 0.05) is 16.6 Å². The first-order chi connectivity index (χ1) is 13.8. The Bertz CT molecular complexity index is 1170. The Balaban J connectivity index is 1.41. The average molecular weight is 371 g/mol. The number of nitrogens with zero attached hydrogens (tertiary/aromatic N) is 3. The van der Waals surface area contributed by atoms with Gasteiger partial charge >= 0.3 is 5.97 Å². The van der Waals surface area contributed by atoms with Gasteiger partial charge in [-0.1, -0.05) is 53.7 Å². The zero-order chi connectivity index (χ0) is 18.9. The number of aryl methyl sites for hydroxylation is 1. The molecule has 0 fully saturated rings. The maximum Gasteiger partial charge on any atom is 0.339 e. The molecule has 1 aliphatic carbocycles. The Morgan fingerprint density at radius 2 is 1.82 bits per heavy atom. The fourth-order valence-electron chi connectivity index (χ4n) is 3.66. The lowest BCUT2D eigenvalue weighted by Gasteiger charge is -2.11. The molecule has 0 radical (unpaired) electrons. The topological polar surface area (TPSA) is 78.1 Å². The fraction of sp³-hybridized carbons (Fsp3) is 0.182. The largest absolute Gasteiger partial charge is 0.452 e. The molecule has 6 heteroatoms. The van der Waals surface area contributed by atoms with Gasteiger partial charge in [-0.15, -0.1) is 0 Å². The van der Waals surface area contributed by atoms with Crippen molar-refractivity contribution in [1.82, 2.24) is 15.1 Å². The van der Waals surface area contributed by atoms with Gasteiger partial charge in [-0.25, -0.2) is 4.79 Å². The smallest absolute Gasteiger partial charge is 0.339 e. The van der Waals surface area contributed by atoms with Crippen LogP contribution in [0.25, 0.3) is 22.3 Å². The Kier molecular flexibility index (Phi) is 4.09. The third-order valence-electron chi connectivity index (χ3n) is 4.95. The number of pyridine rings is 1. The molecule has 0 spiro atoms. The Labute approximate surface area is 161 Å². The van der Waals surface area contributed by atoms with E-state index in [1.165, 1.54) is 0 Å². The number of fused-ring (bicyclic) bond motifs is 2. The van der Waals surface area contributed by atoms with Gasteiger partial charge in [0.1, 0.15) is 0 Å². The van der Waals surface area contributed by atoms with Crippen LogP contribution in [0.1, 0.15) is 33.9 Å². The van der Waals surface area contributed by atoms with E-state index in [4.69, 9.17) is 14.2 Å². The van der Waals surface area contributed by atoms with E-state index < -0.39 is 0 Å². The minimum absolute atomic E-state index is 0.0654. The number of hydrogen-bond acceptors (Lipinski definition) is 6. The van der Waals surface area contributed by atoms with E-state index in [0.717, 1.165) is 47.0 Å². The summed E-state index contributed by atoms with van der Waals surface area (Å²) in [6.45, 7) is -0.0654. The van der Waals surface area contributed by atoms with Crippen molar-refractivity contribution >= 4 is 16.9 Å². The minimum atomic E-state index is -0.379. The predicted molar refractivity (Wildman–Crippen MR) is 103 cm³/mol. The van der Waals surface area contributed by atoms with Crippen LogP contribution in [0.15, 0.2) is 59.1 Å². The molecule has 0 aliphatic heterocycles. The van der Waals surface area contributed by atoms with Crippen molar-refractivity contribution in [2.75, 3.05) is 0 Å². The number of rotatable bonds is 4. The molecular weight excluding hydrogens is 354 g/mol. The van der Waals surface area contributed by atoms with E-state index in [0.29, 0.717) is 11.4 Å². The molecule has 0 saturated heterocycles. The maximum atomic E-state index is 12.9. The first kappa shape index (κ1) is 16.6. The van der Waals surface area contributed by atoms with Crippen molar-refractivity contribution in [2.24, 2.45) is 0 Å². The molecule has 5 rings (SSSR count). The van der Waals surface area contributed by atoms with Crippen molar-refractivity contribution in [3.63, 3.8) is 0 Å². The van der Waals surface area contributed by atoms with E-state index >= 15 is 0 Å². The quantitative estimate of drug-likeness (QED) is 0.502. The number of carbonyl (C=O) groups is 1. The normalized spacial score (nSPS) is 12.9. The van der Waals surface area contributed by atoms with Gasteiger partial charge in [-0.2, -0.15) is 4.98 Å². The van der Waals surface area contributed by atoms with Crippen LogP contribution in [0.4, 0.5) is 0 Å². The van der Waals surface area contributed by atoms with Crippen molar-refractivity contribution in [3.05, 3.63) is 77.3 Å².